The fourth-order valence-electron chi connectivity index (χ4n) is 3.71. The van der Waals surface area contributed by atoms with Crippen LogP contribution in [0.15, 0.2) is 58.6 Å². The molecule has 1 aliphatic rings. The van der Waals surface area contributed by atoms with Gasteiger partial charge in [0, 0.05) is 5.56 Å². The molecule has 0 saturated carbocycles. The third-order valence-electron chi connectivity index (χ3n) is 5.47. The summed E-state index contributed by atoms with van der Waals surface area (Å²) in [6, 6.07) is 13.2. The number of esters is 2. The number of furan rings is 1. The third kappa shape index (κ3) is 4.92. The van der Waals surface area contributed by atoms with E-state index in [0.717, 1.165) is 15.7 Å². The van der Waals surface area contributed by atoms with Crippen LogP contribution in [0.3, 0.4) is 0 Å². The minimum absolute atomic E-state index is 0.0183. The molecule has 186 valence electrons. The summed E-state index contributed by atoms with van der Waals surface area (Å²) in [7, 11) is 1.22. The van der Waals surface area contributed by atoms with Crippen molar-refractivity contribution in [1.82, 2.24) is 10.2 Å². The van der Waals surface area contributed by atoms with E-state index in [0.29, 0.717) is 11.3 Å². The van der Waals surface area contributed by atoms with Gasteiger partial charge in [-0.15, -0.1) is 0 Å². The maximum absolute atomic E-state index is 13.1. The van der Waals surface area contributed by atoms with Crippen molar-refractivity contribution < 1.29 is 37.8 Å². The molecule has 1 aliphatic heterocycles. The molecule has 36 heavy (non-hydrogen) atoms. The Morgan fingerprint density at radius 3 is 2.64 bits per heavy atom. The number of hydrogen-bond donors (Lipinski definition) is 1. The molecular weight excluding hydrogens is 468 g/mol. The zero-order valence-electron chi connectivity index (χ0n) is 19.9. The summed E-state index contributed by atoms with van der Waals surface area (Å²) in [6.45, 7) is 3.31. The van der Waals surface area contributed by atoms with E-state index in [1.165, 1.54) is 25.3 Å². The van der Waals surface area contributed by atoms with E-state index in [-0.39, 0.29) is 30.4 Å². The number of benzene rings is 2. The van der Waals surface area contributed by atoms with E-state index >= 15 is 0 Å². The summed E-state index contributed by atoms with van der Waals surface area (Å²) in [5.41, 5.74) is 0.533. The standard InChI is InChI=1S/C26H24N2O8/c1-4-34-24(30)15(2)35-21-11-9-16-7-5-6-8-18(16)19(21)13-20-23(29)28(26(32)27-20)14-17-10-12-22(36-17)25(31)33-3/h5-13,15H,4,14H2,1-3H3,(H,27,32)/b20-13-/t15-/m0/s1. The molecule has 1 atom stereocenters. The highest BCUT2D eigenvalue weighted by molar-refractivity contribution is 6.14. The van der Waals surface area contributed by atoms with Crippen LogP contribution in [0, 0.1) is 0 Å². The van der Waals surface area contributed by atoms with Gasteiger partial charge >= 0.3 is 18.0 Å². The molecule has 1 aromatic heterocycles. The number of urea groups is 1. The summed E-state index contributed by atoms with van der Waals surface area (Å²) in [6.07, 6.45) is 0.620. The highest BCUT2D eigenvalue weighted by Gasteiger charge is 2.35. The number of carbonyl (C=O) groups excluding carboxylic acids is 4. The minimum Gasteiger partial charge on any atom is -0.478 e. The molecule has 4 rings (SSSR count). The Morgan fingerprint density at radius 1 is 1.11 bits per heavy atom. The average Bonchev–Trinajstić information content (AvgIpc) is 3.45. The smallest absolute Gasteiger partial charge is 0.373 e. The molecule has 2 heterocycles. The van der Waals surface area contributed by atoms with E-state index in [1.807, 2.05) is 30.3 Å². The van der Waals surface area contributed by atoms with Crippen molar-refractivity contribution >= 4 is 40.7 Å². The maximum Gasteiger partial charge on any atom is 0.373 e. The predicted molar refractivity (Wildman–Crippen MR) is 128 cm³/mol. The zero-order valence-corrected chi connectivity index (χ0v) is 19.9. The van der Waals surface area contributed by atoms with Crippen LogP contribution in [0.5, 0.6) is 5.75 Å². The van der Waals surface area contributed by atoms with Crippen LogP contribution in [0.2, 0.25) is 0 Å². The van der Waals surface area contributed by atoms with Gasteiger partial charge in [0.25, 0.3) is 5.91 Å². The lowest BCUT2D eigenvalue weighted by molar-refractivity contribution is -0.150. The number of methoxy groups -OCH3 is 1. The molecular formula is C26H24N2O8. The van der Waals surface area contributed by atoms with E-state index in [1.54, 1.807) is 19.9 Å². The second kappa shape index (κ2) is 10.3. The summed E-state index contributed by atoms with van der Waals surface area (Å²) < 4.78 is 20.9. The topological polar surface area (TPSA) is 124 Å². The number of carbonyl (C=O) groups is 4. The molecule has 10 nitrogen and oxygen atoms in total. The molecule has 0 radical (unpaired) electrons. The summed E-state index contributed by atoms with van der Waals surface area (Å²) in [5, 5.41) is 4.20. The minimum atomic E-state index is -0.892. The predicted octanol–water partition coefficient (Wildman–Crippen LogP) is 3.64. The lowest BCUT2D eigenvalue weighted by atomic mass is 10.0. The molecule has 0 bridgehead atoms. The summed E-state index contributed by atoms with van der Waals surface area (Å²) >= 11 is 0. The summed E-state index contributed by atoms with van der Waals surface area (Å²) in [4.78, 5) is 50.4. The molecule has 3 amide bonds. The van der Waals surface area contributed by atoms with Gasteiger partial charge in [-0.05, 0) is 48.9 Å². The second-order valence-corrected chi connectivity index (χ2v) is 7.85. The van der Waals surface area contributed by atoms with Gasteiger partial charge in [0.05, 0.1) is 20.3 Å². The molecule has 10 heteroatoms. The number of ether oxygens (including phenoxy) is 3. The van der Waals surface area contributed by atoms with Gasteiger partial charge in [-0.25, -0.2) is 14.4 Å². The second-order valence-electron chi connectivity index (χ2n) is 7.85. The first-order valence-electron chi connectivity index (χ1n) is 11.2. The quantitative estimate of drug-likeness (QED) is 0.287. The first kappa shape index (κ1) is 24.5. The molecule has 0 unspecified atom stereocenters. The van der Waals surface area contributed by atoms with Gasteiger partial charge in [0.15, 0.2) is 6.10 Å². The first-order chi connectivity index (χ1) is 17.3. The number of nitrogens with zero attached hydrogens (tertiary/aromatic N) is 1. The number of rotatable bonds is 8. The van der Waals surface area contributed by atoms with E-state index in [4.69, 9.17) is 13.9 Å². The Morgan fingerprint density at radius 2 is 1.89 bits per heavy atom. The van der Waals surface area contributed by atoms with E-state index < -0.39 is 30.0 Å². The average molecular weight is 492 g/mol. The number of fused-ring (bicyclic) bond motifs is 1. The van der Waals surface area contributed by atoms with Crippen LogP contribution in [-0.2, 0) is 25.6 Å². The Labute approximate surface area is 206 Å². The monoisotopic (exact) mass is 492 g/mol. The van der Waals surface area contributed by atoms with Gasteiger partial charge in [-0.1, -0.05) is 30.3 Å². The SMILES string of the molecule is CCOC(=O)[C@H](C)Oc1ccc2ccccc2c1/C=C1\NC(=O)N(Cc2ccc(C(=O)OC)o2)C1=O. The molecule has 2 aromatic carbocycles. The maximum atomic E-state index is 13.1. The Balaban J connectivity index is 1.65. The van der Waals surface area contributed by atoms with Crippen LogP contribution in [0.4, 0.5) is 4.79 Å². The van der Waals surface area contributed by atoms with Crippen molar-refractivity contribution in [3.8, 4) is 5.75 Å². The number of hydrogen-bond acceptors (Lipinski definition) is 8. The lowest BCUT2D eigenvalue weighted by Crippen LogP contribution is -2.30. The van der Waals surface area contributed by atoms with Crippen molar-refractivity contribution in [2.45, 2.75) is 26.5 Å². The van der Waals surface area contributed by atoms with Gasteiger partial charge in [-0.3, -0.25) is 9.69 Å². The van der Waals surface area contributed by atoms with Crippen molar-refractivity contribution in [1.29, 1.82) is 0 Å². The van der Waals surface area contributed by atoms with Gasteiger partial charge in [0.2, 0.25) is 5.76 Å². The van der Waals surface area contributed by atoms with Crippen LogP contribution < -0.4 is 10.1 Å². The highest BCUT2D eigenvalue weighted by Crippen LogP contribution is 2.32. The fourth-order valence-corrected chi connectivity index (χ4v) is 3.71. The molecule has 0 spiro atoms. The fraction of sp³-hybridized carbons (Fsp3) is 0.231. The summed E-state index contributed by atoms with van der Waals surface area (Å²) in [5.74, 6) is -1.24. The molecule has 0 aliphatic carbocycles. The van der Waals surface area contributed by atoms with Crippen LogP contribution in [-0.4, -0.2) is 48.6 Å². The molecule has 1 N–H and O–H groups in total. The normalized spacial score (nSPS) is 15.2. The van der Waals surface area contributed by atoms with Crippen LogP contribution >= 0.6 is 0 Å². The zero-order chi connectivity index (χ0) is 25.8. The van der Waals surface area contributed by atoms with Gasteiger partial charge in [0.1, 0.15) is 17.2 Å². The van der Waals surface area contributed by atoms with Gasteiger partial charge < -0.3 is 23.9 Å². The van der Waals surface area contributed by atoms with Crippen molar-refractivity contribution in [3.63, 3.8) is 0 Å². The Hall–Kier alpha value is -4.60. The Bertz CT molecular complexity index is 1370. The lowest BCUT2D eigenvalue weighted by Gasteiger charge is -2.17. The third-order valence-corrected chi connectivity index (χ3v) is 5.47. The number of amides is 3. The first-order valence-corrected chi connectivity index (χ1v) is 11.2. The van der Waals surface area contributed by atoms with Crippen molar-refractivity contribution in [3.05, 3.63) is 71.3 Å². The molecule has 1 fully saturated rings. The molecule has 3 aromatic rings. The highest BCUT2D eigenvalue weighted by atomic mass is 16.6. The van der Waals surface area contributed by atoms with Crippen LogP contribution in [0.1, 0.15) is 35.7 Å². The number of nitrogens with one attached hydrogen (secondary N) is 1. The van der Waals surface area contributed by atoms with Gasteiger partial charge in [-0.2, -0.15) is 0 Å². The number of imide groups is 1. The van der Waals surface area contributed by atoms with Crippen LogP contribution in [0.25, 0.3) is 16.8 Å². The molecule has 1 saturated heterocycles. The van der Waals surface area contributed by atoms with E-state index in [9.17, 15) is 19.2 Å². The van der Waals surface area contributed by atoms with E-state index in [2.05, 4.69) is 10.1 Å². The Kier molecular flexibility index (Phi) is 7.05. The van der Waals surface area contributed by atoms with Crippen molar-refractivity contribution in [2.75, 3.05) is 13.7 Å². The largest absolute Gasteiger partial charge is 0.478 e. The van der Waals surface area contributed by atoms with Crippen molar-refractivity contribution in [2.24, 2.45) is 0 Å².